The van der Waals surface area contributed by atoms with Crippen LogP contribution in [-0.4, -0.2) is 22.9 Å². The number of benzene rings is 2. The molecule has 1 N–H and O–H groups in total. The van der Waals surface area contributed by atoms with Gasteiger partial charge in [-0.3, -0.25) is 25.0 Å². The fraction of sp³-hybridized carbons (Fsp3) is 0.133. The van der Waals surface area contributed by atoms with Gasteiger partial charge in [0.2, 0.25) is 0 Å². The van der Waals surface area contributed by atoms with Crippen LogP contribution in [0.15, 0.2) is 36.4 Å². The van der Waals surface area contributed by atoms with Gasteiger partial charge in [-0.15, -0.1) is 0 Å². The fourth-order valence-electron chi connectivity index (χ4n) is 2.07. The summed E-state index contributed by atoms with van der Waals surface area (Å²) in [4.78, 5) is 32.8. The van der Waals surface area contributed by atoms with Crippen molar-refractivity contribution in [2.45, 2.75) is 6.92 Å². The van der Waals surface area contributed by atoms with E-state index in [1.165, 1.54) is 14.0 Å². The molecule has 0 spiro atoms. The van der Waals surface area contributed by atoms with Gasteiger partial charge in [-0.2, -0.15) is 0 Å². The van der Waals surface area contributed by atoms with E-state index >= 15 is 0 Å². The Hall–Kier alpha value is -3.49. The lowest BCUT2D eigenvalue weighted by molar-refractivity contribution is -0.395. The summed E-state index contributed by atoms with van der Waals surface area (Å²) in [6, 6.07) is 8.43. The number of nitro benzene ring substituents is 2. The first kappa shape index (κ1) is 16.9. The highest BCUT2D eigenvalue weighted by Crippen LogP contribution is 2.29. The van der Waals surface area contributed by atoms with Crippen LogP contribution in [0.1, 0.15) is 15.9 Å². The summed E-state index contributed by atoms with van der Waals surface area (Å²) in [5.41, 5.74) is -0.819. The highest BCUT2D eigenvalue weighted by molar-refractivity contribution is 6.05. The van der Waals surface area contributed by atoms with Gasteiger partial charge in [-0.25, -0.2) is 0 Å². The normalized spacial score (nSPS) is 10.1. The fourth-order valence-corrected chi connectivity index (χ4v) is 2.07. The van der Waals surface area contributed by atoms with E-state index in [2.05, 4.69) is 5.32 Å². The summed E-state index contributed by atoms with van der Waals surface area (Å²) in [6.45, 7) is 1.27. The van der Waals surface area contributed by atoms with Gasteiger partial charge >= 0.3 is 0 Å². The van der Waals surface area contributed by atoms with Crippen LogP contribution in [-0.2, 0) is 0 Å². The number of methoxy groups -OCH3 is 1. The number of hydrogen-bond acceptors (Lipinski definition) is 6. The van der Waals surface area contributed by atoms with Crippen LogP contribution in [0.5, 0.6) is 5.75 Å². The number of anilines is 1. The van der Waals surface area contributed by atoms with Gasteiger partial charge in [0.15, 0.2) is 0 Å². The quantitative estimate of drug-likeness (QED) is 0.663. The molecule has 0 aliphatic rings. The molecular weight excluding hydrogens is 318 g/mol. The number of nitro groups is 2. The number of nitrogens with zero attached hydrogens (tertiary/aromatic N) is 2. The van der Waals surface area contributed by atoms with Crippen molar-refractivity contribution in [3.63, 3.8) is 0 Å². The maximum atomic E-state index is 12.2. The van der Waals surface area contributed by atoms with Gasteiger partial charge in [0.25, 0.3) is 17.3 Å². The van der Waals surface area contributed by atoms with E-state index in [1.54, 1.807) is 24.3 Å². The van der Waals surface area contributed by atoms with Crippen LogP contribution < -0.4 is 10.1 Å². The van der Waals surface area contributed by atoms with E-state index in [9.17, 15) is 25.0 Å². The van der Waals surface area contributed by atoms with E-state index in [0.29, 0.717) is 11.4 Å². The Morgan fingerprint density at radius 1 is 1.04 bits per heavy atom. The van der Waals surface area contributed by atoms with E-state index < -0.39 is 27.1 Å². The molecule has 2 aromatic carbocycles. The Morgan fingerprint density at radius 3 is 1.96 bits per heavy atom. The molecule has 124 valence electrons. The summed E-state index contributed by atoms with van der Waals surface area (Å²) < 4.78 is 4.99. The molecule has 9 heteroatoms. The zero-order valence-electron chi connectivity index (χ0n) is 12.8. The minimum Gasteiger partial charge on any atom is -0.497 e. The summed E-state index contributed by atoms with van der Waals surface area (Å²) in [7, 11) is 1.50. The van der Waals surface area contributed by atoms with Crippen molar-refractivity contribution in [2.24, 2.45) is 0 Å². The smallest absolute Gasteiger partial charge is 0.279 e. The molecule has 0 bridgehead atoms. The molecule has 0 fully saturated rings. The third-order valence-corrected chi connectivity index (χ3v) is 3.36. The molecule has 0 unspecified atom stereocenters. The number of ether oxygens (including phenoxy) is 1. The predicted molar refractivity (Wildman–Crippen MR) is 85.4 cm³/mol. The lowest BCUT2D eigenvalue weighted by atomic mass is 10.1. The van der Waals surface area contributed by atoms with E-state index in [0.717, 1.165) is 12.1 Å². The maximum absolute atomic E-state index is 12.2. The lowest BCUT2D eigenvalue weighted by Gasteiger charge is -2.07. The molecule has 2 rings (SSSR count). The van der Waals surface area contributed by atoms with Crippen LogP contribution >= 0.6 is 0 Å². The third-order valence-electron chi connectivity index (χ3n) is 3.36. The molecule has 0 aliphatic heterocycles. The number of carbonyl (C=O) groups is 1. The number of rotatable bonds is 5. The molecule has 1 amide bonds. The van der Waals surface area contributed by atoms with Gasteiger partial charge in [0.1, 0.15) is 11.3 Å². The average Bonchev–Trinajstić information content (AvgIpc) is 2.55. The van der Waals surface area contributed by atoms with Crippen molar-refractivity contribution >= 4 is 23.0 Å². The van der Waals surface area contributed by atoms with Crippen molar-refractivity contribution in [3.8, 4) is 5.75 Å². The second-order valence-electron chi connectivity index (χ2n) is 4.84. The zero-order valence-corrected chi connectivity index (χ0v) is 12.8. The van der Waals surface area contributed by atoms with Crippen LogP contribution in [0.25, 0.3) is 0 Å². The van der Waals surface area contributed by atoms with E-state index in [-0.39, 0.29) is 11.1 Å². The Morgan fingerprint density at radius 2 is 1.54 bits per heavy atom. The van der Waals surface area contributed by atoms with Crippen molar-refractivity contribution in [2.75, 3.05) is 12.4 Å². The Labute approximate surface area is 136 Å². The van der Waals surface area contributed by atoms with Crippen LogP contribution in [0, 0.1) is 27.2 Å². The van der Waals surface area contributed by atoms with Gasteiger partial charge in [-0.05, 0) is 31.2 Å². The molecule has 24 heavy (non-hydrogen) atoms. The van der Waals surface area contributed by atoms with Gasteiger partial charge in [-0.1, -0.05) is 0 Å². The van der Waals surface area contributed by atoms with Crippen molar-refractivity contribution < 1.29 is 19.4 Å². The number of carbonyl (C=O) groups excluding carboxylic acids is 1. The Kier molecular flexibility index (Phi) is 4.73. The second-order valence-corrected chi connectivity index (χ2v) is 4.84. The van der Waals surface area contributed by atoms with Crippen molar-refractivity contribution in [3.05, 3.63) is 67.8 Å². The topological polar surface area (TPSA) is 125 Å². The van der Waals surface area contributed by atoms with E-state index in [4.69, 9.17) is 4.74 Å². The predicted octanol–water partition coefficient (Wildman–Crippen LogP) is 3.07. The summed E-state index contributed by atoms with van der Waals surface area (Å²) in [5, 5.41) is 24.6. The average molecular weight is 331 g/mol. The largest absolute Gasteiger partial charge is 0.497 e. The summed E-state index contributed by atoms with van der Waals surface area (Å²) in [6.07, 6.45) is 0. The maximum Gasteiger partial charge on any atom is 0.279 e. The van der Waals surface area contributed by atoms with Crippen LogP contribution in [0.4, 0.5) is 17.1 Å². The first-order valence-corrected chi connectivity index (χ1v) is 6.72. The van der Waals surface area contributed by atoms with E-state index in [1.807, 2.05) is 0 Å². The summed E-state index contributed by atoms with van der Waals surface area (Å²) >= 11 is 0. The number of amides is 1. The van der Waals surface area contributed by atoms with Crippen molar-refractivity contribution in [1.82, 2.24) is 0 Å². The zero-order chi connectivity index (χ0) is 17.9. The standard InChI is InChI=1S/C15H13N3O6/c1-9-13(17(20)21)7-10(8-14(9)18(22)23)15(19)16-11-3-5-12(24-2)6-4-11/h3-8H,1-2H3,(H,16,19). The van der Waals surface area contributed by atoms with Crippen molar-refractivity contribution in [1.29, 1.82) is 0 Å². The number of nitrogens with one attached hydrogen (secondary N) is 1. The molecule has 0 radical (unpaired) electrons. The van der Waals surface area contributed by atoms with Gasteiger partial charge < -0.3 is 10.1 Å². The Bertz CT molecular complexity index is 781. The molecule has 0 saturated heterocycles. The molecular formula is C15H13N3O6. The first-order chi connectivity index (χ1) is 11.3. The molecule has 0 heterocycles. The third kappa shape index (κ3) is 3.46. The highest BCUT2D eigenvalue weighted by atomic mass is 16.6. The minimum atomic E-state index is -0.757. The van der Waals surface area contributed by atoms with Gasteiger partial charge in [0.05, 0.1) is 22.5 Å². The Balaban J connectivity index is 2.37. The SMILES string of the molecule is COc1ccc(NC(=O)c2cc([N+](=O)[O-])c(C)c([N+](=O)[O-])c2)cc1. The molecule has 2 aromatic rings. The van der Waals surface area contributed by atoms with Crippen LogP contribution in [0.3, 0.4) is 0 Å². The van der Waals surface area contributed by atoms with Crippen LogP contribution in [0.2, 0.25) is 0 Å². The highest BCUT2D eigenvalue weighted by Gasteiger charge is 2.25. The second kappa shape index (κ2) is 6.73. The van der Waals surface area contributed by atoms with Gasteiger partial charge in [0, 0.05) is 17.8 Å². The molecule has 0 atom stereocenters. The molecule has 0 aromatic heterocycles. The molecule has 9 nitrogen and oxygen atoms in total. The molecule has 0 aliphatic carbocycles. The summed E-state index contributed by atoms with van der Waals surface area (Å²) in [5.74, 6) is -0.0963. The monoisotopic (exact) mass is 331 g/mol. The minimum absolute atomic E-state index is 0.106. The first-order valence-electron chi connectivity index (χ1n) is 6.72. The molecule has 0 saturated carbocycles. The lowest BCUT2D eigenvalue weighted by Crippen LogP contribution is -2.13. The number of hydrogen-bond donors (Lipinski definition) is 1.